The van der Waals surface area contributed by atoms with Gasteiger partial charge in [0.25, 0.3) is 5.69 Å². The molecule has 6 nitrogen and oxygen atoms in total. The Hall–Kier alpha value is -2.80. The van der Waals surface area contributed by atoms with Gasteiger partial charge in [-0.25, -0.2) is 0 Å². The van der Waals surface area contributed by atoms with E-state index in [9.17, 15) is 10.1 Å². The predicted octanol–water partition coefficient (Wildman–Crippen LogP) is 5.45. The highest BCUT2D eigenvalue weighted by atomic mass is 35.5. The number of non-ortho nitro benzene ring substituents is 1. The van der Waals surface area contributed by atoms with Crippen LogP contribution in [0.4, 0.5) is 11.4 Å². The van der Waals surface area contributed by atoms with Crippen molar-refractivity contribution in [3.63, 3.8) is 0 Å². The first-order valence-electron chi connectivity index (χ1n) is 9.25. The van der Waals surface area contributed by atoms with Crippen LogP contribution in [0.5, 0.6) is 5.75 Å². The first-order chi connectivity index (χ1) is 14.1. The van der Waals surface area contributed by atoms with Crippen molar-refractivity contribution in [2.45, 2.75) is 13.2 Å². The summed E-state index contributed by atoms with van der Waals surface area (Å²) in [5.41, 5.74) is 3.14. The molecule has 0 unspecified atom stereocenters. The zero-order chi connectivity index (χ0) is 20.5. The molecule has 0 fully saturated rings. The smallest absolute Gasteiger partial charge is 0.269 e. The van der Waals surface area contributed by atoms with Crippen LogP contribution in [0.1, 0.15) is 11.1 Å². The van der Waals surface area contributed by atoms with Gasteiger partial charge in [0.2, 0.25) is 0 Å². The minimum Gasteiger partial charge on any atom is -0.489 e. The van der Waals surface area contributed by atoms with Crippen molar-refractivity contribution in [1.82, 2.24) is 5.32 Å². The van der Waals surface area contributed by atoms with E-state index in [-0.39, 0.29) is 18.1 Å². The SMILES string of the molecule is Cl.O=[N+]([O-])c1ccc(NCCNCc2cccc(OCc3ccc(Cl)cc3)c2)cc1. The van der Waals surface area contributed by atoms with Crippen LogP contribution in [0.15, 0.2) is 72.8 Å². The summed E-state index contributed by atoms with van der Waals surface area (Å²) in [5, 5.41) is 18.0. The summed E-state index contributed by atoms with van der Waals surface area (Å²) in [5.74, 6) is 0.822. The summed E-state index contributed by atoms with van der Waals surface area (Å²) in [6.45, 7) is 2.69. The Kier molecular flexibility index (Phi) is 9.41. The van der Waals surface area contributed by atoms with E-state index in [1.54, 1.807) is 12.1 Å². The lowest BCUT2D eigenvalue weighted by Crippen LogP contribution is -2.21. The summed E-state index contributed by atoms with van der Waals surface area (Å²) in [4.78, 5) is 10.3. The van der Waals surface area contributed by atoms with Crippen molar-refractivity contribution < 1.29 is 9.66 Å². The molecule has 30 heavy (non-hydrogen) atoms. The second-order valence-corrected chi connectivity index (χ2v) is 6.91. The molecule has 0 saturated heterocycles. The molecule has 0 saturated carbocycles. The second-order valence-electron chi connectivity index (χ2n) is 6.47. The number of benzene rings is 3. The molecule has 0 aliphatic rings. The molecule has 0 spiro atoms. The van der Waals surface area contributed by atoms with Gasteiger partial charge in [-0.1, -0.05) is 35.9 Å². The average Bonchev–Trinajstić information content (AvgIpc) is 2.74. The van der Waals surface area contributed by atoms with Crippen molar-refractivity contribution in [2.75, 3.05) is 18.4 Å². The maximum atomic E-state index is 10.7. The van der Waals surface area contributed by atoms with E-state index in [4.69, 9.17) is 16.3 Å². The maximum Gasteiger partial charge on any atom is 0.269 e. The molecule has 3 aromatic rings. The normalized spacial score (nSPS) is 10.2. The van der Waals surface area contributed by atoms with E-state index in [1.165, 1.54) is 12.1 Å². The molecular weight excluding hydrogens is 425 g/mol. The third-order valence-electron chi connectivity index (χ3n) is 4.26. The quantitative estimate of drug-likeness (QED) is 0.245. The lowest BCUT2D eigenvalue weighted by Gasteiger charge is -2.10. The van der Waals surface area contributed by atoms with Gasteiger partial charge < -0.3 is 15.4 Å². The van der Waals surface area contributed by atoms with Gasteiger partial charge in [-0.3, -0.25) is 10.1 Å². The number of hydrogen-bond donors (Lipinski definition) is 2. The Morgan fingerprint density at radius 3 is 2.37 bits per heavy atom. The highest BCUT2D eigenvalue weighted by molar-refractivity contribution is 6.30. The summed E-state index contributed by atoms with van der Waals surface area (Å²) < 4.78 is 5.85. The number of nitrogens with one attached hydrogen (secondary N) is 2. The third kappa shape index (κ3) is 7.55. The second kappa shape index (κ2) is 12.0. The highest BCUT2D eigenvalue weighted by Gasteiger charge is 2.03. The van der Waals surface area contributed by atoms with Gasteiger partial charge in [-0.2, -0.15) is 0 Å². The van der Waals surface area contributed by atoms with Crippen molar-refractivity contribution in [3.05, 3.63) is 99.1 Å². The first-order valence-corrected chi connectivity index (χ1v) is 9.63. The van der Waals surface area contributed by atoms with Crippen molar-refractivity contribution >= 4 is 35.4 Å². The molecule has 0 aliphatic heterocycles. The van der Waals surface area contributed by atoms with Gasteiger partial charge >= 0.3 is 0 Å². The van der Waals surface area contributed by atoms with E-state index in [0.717, 1.165) is 35.7 Å². The Morgan fingerprint density at radius 1 is 0.933 bits per heavy atom. The van der Waals surface area contributed by atoms with Crippen LogP contribution < -0.4 is 15.4 Å². The van der Waals surface area contributed by atoms with Crippen LogP contribution in [-0.2, 0) is 13.2 Å². The van der Waals surface area contributed by atoms with Crippen LogP contribution >= 0.6 is 24.0 Å². The fraction of sp³-hybridized carbons (Fsp3) is 0.182. The van der Waals surface area contributed by atoms with Gasteiger partial charge in [-0.15, -0.1) is 12.4 Å². The van der Waals surface area contributed by atoms with Gasteiger partial charge in [0, 0.05) is 42.5 Å². The Labute approximate surface area is 186 Å². The van der Waals surface area contributed by atoms with Crippen LogP contribution in [-0.4, -0.2) is 18.0 Å². The van der Waals surface area contributed by atoms with Crippen LogP contribution in [0, 0.1) is 10.1 Å². The number of nitro benzene ring substituents is 1. The standard InChI is InChI=1S/C22H22ClN3O3.ClH/c23-19-6-4-17(5-7-19)16-29-22-3-1-2-18(14-22)15-24-12-13-25-20-8-10-21(11-9-20)26(27)28;/h1-11,14,24-25H,12-13,15-16H2;1H. The summed E-state index contributed by atoms with van der Waals surface area (Å²) in [6, 6.07) is 22.0. The molecule has 158 valence electrons. The van der Waals surface area contributed by atoms with E-state index in [0.29, 0.717) is 18.2 Å². The van der Waals surface area contributed by atoms with Gasteiger partial charge in [0.1, 0.15) is 12.4 Å². The molecular formula is C22H23Cl2N3O3. The number of hydrogen-bond acceptors (Lipinski definition) is 5. The monoisotopic (exact) mass is 447 g/mol. The number of nitrogens with zero attached hydrogens (tertiary/aromatic N) is 1. The summed E-state index contributed by atoms with van der Waals surface area (Å²) in [7, 11) is 0. The molecule has 0 heterocycles. The number of rotatable bonds is 10. The summed E-state index contributed by atoms with van der Waals surface area (Å²) >= 11 is 5.90. The largest absolute Gasteiger partial charge is 0.489 e. The zero-order valence-corrected chi connectivity index (χ0v) is 17.8. The topological polar surface area (TPSA) is 76.4 Å². The van der Waals surface area contributed by atoms with E-state index in [2.05, 4.69) is 10.6 Å². The van der Waals surface area contributed by atoms with E-state index < -0.39 is 4.92 Å². The Balaban J connectivity index is 0.00000320. The molecule has 0 aromatic heterocycles. The fourth-order valence-corrected chi connectivity index (χ4v) is 2.85. The molecule has 3 aromatic carbocycles. The lowest BCUT2D eigenvalue weighted by atomic mass is 10.2. The van der Waals surface area contributed by atoms with Crippen LogP contribution in [0.3, 0.4) is 0 Å². The third-order valence-corrected chi connectivity index (χ3v) is 4.51. The Bertz CT molecular complexity index is 935. The molecule has 8 heteroatoms. The number of halogens is 2. The van der Waals surface area contributed by atoms with E-state index in [1.807, 2.05) is 48.5 Å². The zero-order valence-electron chi connectivity index (χ0n) is 16.2. The molecule has 0 aliphatic carbocycles. The maximum absolute atomic E-state index is 10.7. The van der Waals surface area contributed by atoms with Crippen molar-refractivity contribution in [3.8, 4) is 5.75 Å². The van der Waals surface area contributed by atoms with Gasteiger partial charge in [0.15, 0.2) is 0 Å². The molecule has 3 rings (SSSR count). The first kappa shape index (κ1) is 23.5. The van der Waals surface area contributed by atoms with Crippen LogP contribution in [0.2, 0.25) is 5.02 Å². The average molecular weight is 448 g/mol. The summed E-state index contributed by atoms with van der Waals surface area (Å²) in [6.07, 6.45) is 0. The lowest BCUT2D eigenvalue weighted by molar-refractivity contribution is -0.384. The number of ether oxygens (including phenoxy) is 1. The van der Waals surface area contributed by atoms with E-state index >= 15 is 0 Å². The van der Waals surface area contributed by atoms with Gasteiger partial charge in [0.05, 0.1) is 4.92 Å². The van der Waals surface area contributed by atoms with Gasteiger partial charge in [-0.05, 0) is 47.5 Å². The Morgan fingerprint density at radius 2 is 1.67 bits per heavy atom. The highest BCUT2D eigenvalue weighted by Crippen LogP contribution is 2.17. The minimum absolute atomic E-state index is 0. The fourth-order valence-electron chi connectivity index (χ4n) is 2.72. The minimum atomic E-state index is -0.404. The predicted molar refractivity (Wildman–Crippen MR) is 123 cm³/mol. The molecule has 0 radical (unpaired) electrons. The van der Waals surface area contributed by atoms with Crippen molar-refractivity contribution in [1.29, 1.82) is 0 Å². The van der Waals surface area contributed by atoms with Crippen LogP contribution in [0.25, 0.3) is 0 Å². The van der Waals surface area contributed by atoms with Crippen molar-refractivity contribution in [2.24, 2.45) is 0 Å². The number of nitro groups is 1. The molecule has 0 atom stereocenters. The molecule has 2 N–H and O–H groups in total. The number of anilines is 1. The molecule has 0 amide bonds. The molecule has 0 bridgehead atoms.